The predicted molar refractivity (Wildman–Crippen MR) is 81.1 cm³/mol. The van der Waals surface area contributed by atoms with E-state index in [1.54, 1.807) is 32.4 Å². The fourth-order valence-electron chi connectivity index (χ4n) is 2.80. The SMILES string of the molecule is CNC(=O)C1(NC(=O)c2ccnc(NC)c2)CCCCC1. The molecule has 0 spiro atoms. The van der Waals surface area contributed by atoms with Crippen LogP contribution in [0.5, 0.6) is 0 Å². The van der Waals surface area contributed by atoms with Gasteiger partial charge in [-0.05, 0) is 25.0 Å². The van der Waals surface area contributed by atoms with Crippen LogP contribution in [0.2, 0.25) is 0 Å². The van der Waals surface area contributed by atoms with Gasteiger partial charge in [0.15, 0.2) is 0 Å². The lowest BCUT2D eigenvalue weighted by Crippen LogP contribution is -2.59. The molecule has 0 bridgehead atoms. The van der Waals surface area contributed by atoms with E-state index in [-0.39, 0.29) is 11.8 Å². The van der Waals surface area contributed by atoms with Crippen molar-refractivity contribution in [2.24, 2.45) is 0 Å². The van der Waals surface area contributed by atoms with Crippen molar-refractivity contribution < 1.29 is 9.59 Å². The summed E-state index contributed by atoms with van der Waals surface area (Å²) in [6.07, 6.45) is 5.95. The summed E-state index contributed by atoms with van der Waals surface area (Å²) in [6.45, 7) is 0. The molecule has 21 heavy (non-hydrogen) atoms. The van der Waals surface area contributed by atoms with E-state index in [4.69, 9.17) is 0 Å². The molecular weight excluding hydrogens is 268 g/mol. The number of nitrogens with zero attached hydrogens (tertiary/aromatic N) is 1. The Morgan fingerprint density at radius 3 is 2.52 bits per heavy atom. The number of pyridine rings is 1. The van der Waals surface area contributed by atoms with Gasteiger partial charge in [0.1, 0.15) is 11.4 Å². The van der Waals surface area contributed by atoms with Gasteiger partial charge in [-0.25, -0.2) is 4.98 Å². The second kappa shape index (κ2) is 6.56. The molecule has 0 aliphatic heterocycles. The third-order valence-corrected chi connectivity index (χ3v) is 4.00. The molecule has 3 N–H and O–H groups in total. The maximum atomic E-state index is 12.5. The number of anilines is 1. The molecule has 1 fully saturated rings. The molecule has 0 aromatic carbocycles. The fraction of sp³-hybridized carbons (Fsp3) is 0.533. The average molecular weight is 290 g/mol. The van der Waals surface area contributed by atoms with Crippen molar-refractivity contribution in [3.63, 3.8) is 0 Å². The van der Waals surface area contributed by atoms with E-state index in [0.29, 0.717) is 24.2 Å². The lowest BCUT2D eigenvalue weighted by atomic mass is 9.80. The van der Waals surface area contributed by atoms with E-state index in [1.807, 2.05) is 0 Å². The second-order valence-corrected chi connectivity index (χ2v) is 5.36. The van der Waals surface area contributed by atoms with E-state index in [2.05, 4.69) is 20.9 Å². The molecular formula is C15H22N4O2. The number of likely N-dealkylation sites (N-methyl/N-ethyl adjacent to an activating group) is 1. The lowest BCUT2D eigenvalue weighted by molar-refractivity contribution is -0.128. The van der Waals surface area contributed by atoms with E-state index in [9.17, 15) is 9.59 Å². The highest BCUT2D eigenvalue weighted by molar-refractivity contribution is 5.99. The van der Waals surface area contributed by atoms with Crippen molar-refractivity contribution in [1.29, 1.82) is 0 Å². The van der Waals surface area contributed by atoms with Crippen LogP contribution in [0, 0.1) is 0 Å². The van der Waals surface area contributed by atoms with Gasteiger partial charge in [-0.3, -0.25) is 9.59 Å². The largest absolute Gasteiger partial charge is 0.373 e. The van der Waals surface area contributed by atoms with E-state index < -0.39 is 5.54 Å². The van der Waals surface area contributed by atoms with Crippen LogP contribution in [0.4, 0.5) is 5.82 Å². The van der Waals surface area contributed by atoms with Gasteiger partial charge in [-0.15, -0.1) is 0 Å². The fourth-order valence-corrected chi connectivity index (χ4v) is 2.80. The Bertz CT molecular complexity index is 524. The molecule has 1 aliphatic carbocycles. The van der Waals surface area contributed by atoms with Crippen LogP contribution in [0.3, 0.4) is 0 Å². The highest BCUT2D eigenvalue weighted by atomic mass is 16.2. The molecule has 1 saturated carbocycles. The van der Waals surface area contributed by atoms with Crippen molar-refractivity contribution in [3.05, 3.63) is 23.9 Å². The minimum atomic E-state index is -0.785. The predicted octanol–water partition coefficient (Wildman–Crippen LogP) is 1.30. The lowest BCUT2D eigenvalue weighted by Gasteiger charge is -2.36. The Morgan fingerprint density at radius 2 is 1.90 bits per heavy atom. The molecule has 6 nitrogen and oxygen atoms in total. The summed E-state index contributed by atoms with van der Waals surface area (Å²) in [5.41, 5.74) is -0.282. The van der Waals surface area contributed by atoms with Crippen LogP contribution in [-0.2, 0) is 4.79 Å². The molecule has 6 heteroatoms. The van der Waals surface area contributed by atoms with Crippen LogP contribution in [0.1, 0.15) is 42.5 Å². The van der Waals surface area contributed by atoms with Crippen LogP contribution in [-0.4, -0.2) is 36.4 Å². The molecule has 1 aromatic heterocycles. The Hall–Kier alpha value is -2.11. The number of carbonyl (C=O) groups is 2. The summed E-state index contributed by atoms with van der Waals surface area (Å²) in [6, 6.07) is 3.33. The normalized spacial score (nSPS) is 16.9. The van der Waals surface area contributed by atoms with Crippen molar-refractivity contribution in [1.82, 2.24) is 15.6 Å². The van der Waals surface area contributed by atoms with E-state index in [1.165, 1.54) is 0 Å². The Labute approximate surface area is 124 Å². The highest BCUT2D eigenvalue weighted by Gasteiger charge is 2.40. The molecule has 1 aromatic rings. The van der Waals surface area contributed by atoms with Crippen molar-refractivity contribution >= 4 is 17.6 Å². The summed E-state index contributed by atoms with van der Waals surface area (Å²) in [5, 5.41) is 8.52. The summed E-state index contributed by atoms with van der Waals surface area (Å²) >= 11 is 0. The maximum absolute atomic E-state index is 12.5. The first-order valence-electron chi connectivity index (χ1n) is 7.30. The van der Waals surface area contributed by atoms with Gasteiger partial charge in [0.05, 0.1) is 0 Å². The first-order valence-corrected chi connectivity index (χ1v) is 7.30. The summed E-state index contributed by atoms with van der Waals surface area (Å²) < 4.78 is 0. The number of rotatable bonds is 4. The second-order valence-electron chi connectivity index (χ2n) is 5.36. The Kier molecular flexibility index (Phi) is 4.77. The number of nitrogens with one attached hydrogen (secondary N) is 3. The van der Waals surface area contributed by atoms with Crippen LogP contribution < -0.4 is 16.0 Å². The topological polar surface area (TPSA) is 83.1 Å². The van der Waals surface area contributed by atoms with Gasteiger partial charge in [0, 0.05) is 25.9 Å². The van der Waals surface area contributed by atoms with Crippen molar-refractivity contribution in [3.8, 4) is 0 Å². The number of aromatic nitrogens is 1. The van der Waals surface area contributed by atoms with Crippen LogP contribution in [0.15, 0.2) is 18.3 Å². The molecule has 0 radical (unpaired) electrons. The average Bonchev–Trinajstić information content (AvgIpc) is 2.54. The molecule has 2 rings (SSSR count). The van der Waals surface area contributed by atoms with Crippen molar-refractivity contribution in [2.45, 2.75) is 37.6 Å². The molecule has 114 valence electrons. The minimum absolute atomic E-state index is 0.113. The highest BCUT2D eigenvalue weighted by Crippen LogP contribution is 2.29. The molecule has 0 atom stereocenters. The quantitative estimate of drug-likeness (QED) is 0.780. The van der Waals surface area contributed by atoms with E-state index in [0.717, 1.165) is 19.3 Å². The van der Waals surface area contributed by atoms with Crippen LogP contribution >= 0.6 is 0 Å². The van der Waals surface area contributed by atoms with Gasteiger partial charge in [0.25, 0.3) is 5.91 Å². The third-order valence-electron chi connectivity index (χ3n) is 4.00. The summed E-state index contributed by atoms with van der Waals surface area (Å²) in [7, 11) is 3.35. The summed E-state index contributed by atoms with van der Waals surface area (Å²) in [4.78, 5) is 28.8. The molecule has 0 unspecified atom stereocenters. The Balaban J connectivity index is 2.19. The van der Waals surface area contributed by atoms with Gasteiger partial charge in [-0.1, -0.05) is 19.3 Å². The monoisotopic (exact) mass is 290 g/mol. The number of amides is 2. The Morgan fingerprint density at radius 1 is 1.19 bits per heavy atom. The van der Waals surface area contributed by atoms with Crippen LogP contribution in [0.25, 0.3) is 0 Å². The van der Waals surface area contributed by atoms with E-state index >= 15 is 0 Å². The first-order chi connectivity index (χ1) is 10.1. The van der Waals surface area contributed by atoms with Crippen molar-refractivity contribution in [2.75, 3.05) is 19.4 Å². The molecule has 1 aliphatic rings. The standard InChI is InChI=1S/C15H22N4O2/c1-16-12-10-11(6-9-18-12)13(20)19-15(14(21)17-2)7-4-3-5-8-15/h6,9-10H,3-5,7-8H2,1-2H3,(H,16,18)(H,17,21)(H,19,20). The van der Waals surface area contributed by atoms with Gasteiger partial charge >= 0.3 is 0 Å². The van der Waals surface area contributed by atoms with Gasteiger partial charge in [0.2, 0.25) is 5.91 Å². The number of hydrogen-bond donors (Lipinski definition) is 3. The number of hydrogen-bond acceptors (Lipinski definition) is 4. The minimum Gasteiger partial charge on any atom is -0.373 e. The molecule has 2 amide bonds. The smallest absolute Gasteiger partial charge is 0.252 e. The number of carbonyl (C=O) groups excluding carboxylic acids is 2. The van der Waals surface area contributed by atoms with Gasteiger partial charge < -0.3 is 16.0 Å². The third kappa shape index (κ3) is 3.32. The zero-order chi connectivity index (χ0) is 15.3. The van der Waals surface area contributed by atoms with Gasteiger partial charge in [-0.2, -0.15) is 0 Å². The molecule has 1 heterocycles. The molecule has 0 saturated heterocycles. The summed E-state index contributed by atoms with van der Waals surface area (Å²) in [5.74, 6) is 0.276. The zero-order valence-electron chi connectivity index (χ0n) is 12.5. The first kappa shape index (κ1) is 15.3. The maximum Gasteiger partial charge on any atom is 0.252 e. The zero-order valence-corrected chi connectivity index (χ0v) is 12.5.